The molecule has 5 rings (SSSR count). The number of anilines is 4. The minimum atomic E-state index is -3.85. The van der Waals surface area contributed by atoms with Crippen LogP contribution >= 0.6 is 0 Å². The highest BCUT2D eigenvalue weighted by molar-refractivity contribution is 7.89. The number of nitrogens with one attached hydrogen (secondary N) is 4. The summed E-state index contributed by atoms with van der Waals surface area (Å²) in [5.74, 6) is -0.143. The molecule has 1 saturated carbocycles. The van der Waals surface area contributed by atoms with E-state index in [-0.39, 0.29) is 28.5 Å². The maximum absolute atomic E-state index is 13.7. The Morgan fingerprint density at radius 3 is 2.29 bits per heavy atom. The van der Waals surface area contributed by atoms with E-state index in [9.17, 15) is 18.1 Å². The van der Waals surface area contributed by atoms with Crippen LogP contribution in [0, 0.1) is 10.4 Å². The molecule has 3 heterocycles. The molecule has 3 aliphatic rings. The largest absolute Gasteiger partial charge is 0.370 e. The fraction of sp³-hybridized carbons (Fsp3) is 0.645. The minimum Gasteiger partial charge on any atom is -0.370 e. The number of benzene rings is 1. The average Bonchev–Trinajstić information content (AvgIpc) is 3.09. The van der Waals surface area contributed by atoms with Crippen LogP contribution in [0.4, 0.5) is 23.0 Å². The minimum absolute atomic E-state index is 0.0508. The molecule has 2 saturated heterocycles. The van der Waals surface area contributed by atoms with Gasteiger partial charge in [0.1, 0.15) is 10.7 Å². The summed E-state index contributed by atoms with van der Waals surface area (Å²) in [5, 5.41) is 12.8. The number of sulfonamides is 1. The molecule has 0 bridgehead atoms. The summed E-state index contributed by atoms with van der Waals surface area (Å²) in [7, 11) is 1.32. The van der Waals surface area contributed by atoms with E-state index in [1.165, 1.54) is 18.4 Å². The van der Waals surface area contributed by atoms with Crippen LogP contribution in [0.5, 0.6) is 0 Å². The number of aryl methyl sites for hydroxylation is 1. The van der Waals surface area contributed by atoms with Crippen molar-refractivity contribution in [1.29, 1.82) is 5.53 Å². The Balaban J connectivity index is 1.43. The van der Waals surface area contributed by atoms with E-state index < -0.39 is 15.9 Å². The molecule has 4 N–H and O–H groups in total. The summed E-state index contributed by atoms with van der Waals surface area (Å²) < 4.78 is 28.6. The van der Waals surface area contributed by atoms with Crippen LogP contribution in [-0.2, 0) is 16.4 Å². The van der Waals surface area contributed by atoms with Gasteiger partial charge in [-0.2, -0.15) is 10.4 Å². The van der Waals surface area contributed by atoms with Crippen LogP contribution in [-0.4, -0.2) is 117 Å². The van der Waals surface area contributed by atoms with Crippen LogP contribution in [0.15, 0.2) is 33.5 Å². The van der Waals surface area contributed by atoms with Crippen molar-refractivity contribution in [2.75, 3.05) is 75.9 Å². The van der Waals surface area contributed by atoms with Gasteiger partial charge < -0.3 is 20.4 Å². The molecule has 48 heavy (non-hydrogen) atoms. The number of carbonyl (C=O) groups is 1. The lowest BCUT2D eigenvalue weighted by atomic mass is 9.92. The topological polar surface area (TPSA) is 192 Å². The van der Waals surface area contributed by atoms with Gasteiger partial charge in [-0.3, -0.25) is 9.69 Å². The van der Waals surface area contributed by atoms with E-state index in [0.29, 0.717) is 48.2 Å². The second kappa shape index (κ2) is 15.6. The molecule has 2 aromatic rings. The van der Waals surface area contributed by atoms with Crippen molar-refractivity contribution in [3.63, 3.8) is 0 Å². The molecular weight excluding hydrogens is 636 g/mol. The Kier molecular flexibility index (Phi) is 11.5. The zero-order valence-electron chi connectivity index (χ0n) is 28.3. The summed E-state index contributed by atoms with van der Waals surface area (Å²) >= 11 is 0. The maximum atomic E-state index is 13.7. The summed E-state index contributed by atoms with van der Waals surface area (Å²) in [6, 6.07) is 5.51. The van der Waals surface area contributed by atoms with Gasteiger partial charge in [0.05, 0.1) is 17.4 Å². The SMILES string of the molecule is CCc1nc(C(=O)NN=N)c(Nc2ccc(N3CCC(N4CCN(C)CC4)CC3)c(S(=O)(=O)N(C)C)c2)nc1NC1CCC(N=O)CC1. The third-order valence-corrected chi connectivity index (χ3v) is 11.5. The molecule has 0 unspecified atom stereocenters. The van der Waals surface area contributed by atoms with Gasteiger partial charge in [-0.25, -0.2) is 28.1 Å². The monoisotopic (exact) mass is 684 g/mol. The Labute approximate surface area is 282 Å². The smallest absolute Gasteiger partial charge is 0.295 e. The summed E-state index contributed by atoms with van der Waals surface area (Å²) in [6.07, 6.45) is 5.21. The van der Waals surface area contributed by atoms with E-state index in [2.05, 4.69) is 53.2 Å². The quantitative estimate of drug-likeness (QED) is 0.146. The highest BCUT2D eigenvalue weighted by Crippen LogP contribution is 2.34. The number of amides is 1. The van der Waals surface area contributed by atoms with Gasteiger partial charge in [0.2, 0.25) is 10.0 Å². The first kappa shape index (κ1) is 35.5. The maximum Gasteiger partial charge on any atom is 0.295 e. The standard InChI is InChI=1S/C31H48N12O4S/c1-5-25-29(33-21-6-8-22(38-45)9-7-21)36-30(28(35-25)31(44)37-39-32)34-23-10-11-26(27(20-23)48(46,47)40(2)3)43-14-12-24(13-15-43)42-18-16-41(4)17-19-42/h10-11,20-22,24H,5-9,12-19H2,1-4H3,(H2,32,37,44)(H2,33,34,36). The number of hydrogen-bond donors (Lipinski definition) is 4. The molecule has 3 fully saturated rings. The Morgan fingerprint density at radius 2 is 1.69 bits per heavy atom. The number of piperazine rings is 1. The molecule has 0 spiro atoms. The van der Waals surface area contributed by atoms with Crippen LogP contribution in [0.3, 0.4) is 0 Å². The second-order valence-corrected chi connectivity index (χ2v) is 15.2. The lowest BCUT2D eigenvalue weighted by Gasteiger charge is -2.43. The van der Waals surface area contributed by atoms with Gasteiger partial charge in [0, 0.05) is 71.1 Å². The predicted molar refractivity (Wildman–Crippen MR) is 184 cm³/mol. The van der Waals surface area contributed by atoms with Crippen LogP contribution in [0.25, 0.3) is 0 Å². The zero-order chi connectivity index (χ0) is 34.4. The molecule has 1 aromatic heterocycles. The van der Waals surface area contributed by atoms with Gasteiger partial charge in [-0.05, 0) is 70.2 Å². The third kappa shape index (κ3) is 8.07. The molecule has 1 aliphatic carbocycles. The Hall–Kier alpha value is -3.80. The van der Waals surface area contributed by atoms with Crippen molar-refractivity contribution in [1.82, 2.24) is 29.5 Å². The molecule has 2 aliphatic heterocycles. The van der Waals surface area contributed by atoms with Crippen LogP contribution in [0.1, 0.15) is 61.6 Å². The lowest BCUT2D eigenvalue weighted by Crippen LogP contribution is -2.52. The highest BCUT2D eigenvalue weighted by Gasteiger charge is 2.31. The van der Waals surface area contributed by atoms with Gasteiger partial charge in [0.25, 0.3) is 5.91 Å². The van der Waals surface area contributed by atoms with E-state index in [1.54, 1.807) is 18.2 Å². The number of carbonyl (C=O) groups excluding carboxylic acids is 1. The third-order valence-electron chi connectivity index (χ3n) is 9.70. The summed E-state index contributed by atoms with van der Waals surface area (Å²) in [6.45, 7) is 7.60. The van der Waals surface area contributed by atoms with Crippen molar-refractivity contribution in [3.05, 3.63) is 34.5 Å². The van der Waals surface area contributed by atoms with Gasteiger partial charge in [0.15, 0.2) is 11.5 Å². The molecule has 262 valence electrons. The van der Waals surface area contributed by atoms with Gasteiger partial charge >= 0.3 is 0 Å². The zero-order valence-corrected chi connectivity index (χ0v) is 29.1. The predicted octanol–water partition coefficient (Wildman–Crippen LogP) is 3.41. The molecule has 0 atom stereocenters. The van der Waals surface area contributed by atoms with Crippen molar-refractivity contribution in [2.24, 2.45) is 10.4 Å². The van der Waals surface area contributed by atoms with E-state index >= 15 is 0 Å². The fourth-order valence-electron chi connectivity index (χ4n) is 6.75. The van der Waals surface area contributed by atoms with Crippen LogP contribution in [0.2, 0.25) is 0 Å². The molecule has 1 amide bonds. The van der Waals surface area contributed by atoms with Crippen molar-refractivity contribution >= 4 is 38.9 Å². The first-order chi connectivity index (χ1) is 23.0. The Morgan fingerprint density at radius 1 is 1.00 bits per heavy atom. The molecule has 1 aromatic carbocycles. The van der Waals surface area contributed by atoms with Crippen LogP contribution < -0.4 is 21.0 Å². The summed E-state index contributed by atoms with van der Waals surface area (Å²) in [4.78, 5) is 40.6. The van der Waals surface area contributed by atoms with Gasteiger partial charge in [-0.15, -0.1) is 0 Å². The Bertz CT molecular complexity index is 1570. The first-order valence-electron chi connectivity index (χ1n) is 16.7. The van der Waals surface area contributed by atoms with Crippen molar-refractivity contribution in [3.8, 4) is 0 Å². The number of piperidine rings is 1. The molecular formula is C31H48N12O4S. The second-order valence-electron chi connectivity index (χ2n) is 13.0. The normalized spacial score (nSPS) is 21.6. The first-order valence-corrected chi connectivity index (χ1v) is 18.2. The van der Waals surface area contributed by atoms with E-state index in [0.717, 1.165) is 65.0 Å². The molecule has 16 nitrogen and oxygen atoms in total. The van der Waals surface area contributed by atoms with Crippen molar-refractivity contribution < 1.29 is 13.2 Å². The average molecular weight is 685 g/mol. The number of nitroso groups, excluding NO2 is 1. The van der Waals surface area contributed by atoms with Crippen molar-refractivity contribution in [2.45, 2.75) is 74.9 Å². The number of hydrogen-bond acceptors (Lipinski definition) is 14. The van der Waals surface area contributed by atoms with Gasteiger partial charge in [-0.1, -0.05) is 17.3 Å². The van der Waals surface area contributed by atoms with E-state index in [1.807, 2.05) is 6.92 Å². The summed E-state index contributed by atoms with van der Waals surface area (Å²) in [5.41, 5.74) is 10.8. The lowest BCUT2D eigenvalue weighted by molar-refractivity contribution is 0.0945. The molecule has 0 radical (unpaired) electrons. The fourth-order valence-corrected chi connectivity index (χ4v) is 7.88. The molecule has 17 heteroatoms. The number of likely N-dealkylation sites (N-methyl/N-ethyl adjacent to an activating group) is 1. The number of nitrogens with zero attached hydrogens (tertiary/aromatic N) is 8. The number of rotatable bonds is 12. The van der Waals surface area contributed by atoms with E-state index in [4.69, 9.17) is 10.5 Å². The highest BCUT2D eigenvalue weighted by atomic mass is 32.2. The number of aromatic nitrogens is 2.